The van der Waals surface area contributed by atoms with Crippen molar-refractivity contribution in [3.05, 3.63) is 52.3 Å². The molecule has 0 aliphatic carbocycles. The molecule has 4 aromatic rings. The Kier molecular flexibility index (Phi) is 6.09. The van der Waals surface area contributed by atoms with E-state index in [9.17, 15) is 4.79 Å². The lowest BCUT2D eigenvalue weighted by Crippen LogP contribution is -2.14. The first-order valence-electron chi connectivity index (χ1n) is 10.2. The van der Waals surface area contributed by atoms with Crippen LogP contribution >= 0.6 is 11.3 Å². The van der Waals surface area contributed by atoms with Crippen LogP contribution in [0, 0.1) is 20.8 Å². The molecule has 0 atom stereocenters. The summed E-state index contributed by atoms with van der Waals surface area (Å²) >= 11 is 1.37. The molecule has 8 nitrogen and oxygen atoms in total. The van der Waals surface area contributed by atoms with Gasteiger partial charge in [-0.25, -0.2) is 14.5 Å². The third kappa shape index (κ3) is 4.29. The fourth-order valence-corrected chi connectivity index (χ4v) is 4.42. The Balaban J connectivity index is 1.46. The minimum Gasteiger partial charge on any atom is -0.497 e. The minimum absolute atomic E-state index is 0.0981. The molecule has 1 aromatic carbocycles. The number of methoxy groups -OCH3 is 2. The highest BCUT2D eigenvalue weighted by Gasteiger charge is 2.15. The van der Waals surface area contributed by atoms with E-state index >= 15 is 0 Å². The lowest BCUT2D eigenvalue weighted by atomic mass is 10.1. The van der Waals surface area contributed by atoms with Gasteiger partial charge in [-0.05, 0) is 51.0 Å². The Morgan fingerprint density at radius 1 is 1.12 bits per heavy atom. The topological polar surface area (TPSA) is 90.6 Å². The number of carbonyl (C=O) groups excluding carboxylic acids is 1. The van der Waals surface area contributed by atoms with Crippen LogP contribution < -0.4 is 14.8 Å². The van der Waals surface area contributed by atoms with Crippen LogP contribution in [0.3, 0.4) is 0 Å². The van der Waals surface area contributed by atoms with E-state index in [0.29, 0.717) is 29.5 Å². The summed E-state index contributed by atoms with van der Waals surface area (Å²) < 4.78 is 12.6. The van der Waals surface area contributed by atoms with E-state index in [-0.39, 0.29) is 5.91 Å². The van der Waals surface area contributed by atoms with E-state index in [0.717, 1.165) is 39.5 Å². The first-order chi connectivity index (χ1) is 15.4. The number of rotatable bonds is 7. The number of hydrogen-bond acceptors (Lipinski definition) is 7. The molecule has 0 spiro atoms. The zero-order chi connectivity index (χ0) is 22.8. The largest absolute Gasteiger partial charge is 0.497 e. The predicted octanol–water partition coefficient (Wildman–Crippen LogP) is 4.37. The van der Waals surface area contributed by atoms with E-state index in [2.05, 4.69) is 20.4 Å². The molecule has 0 unspecified atom stereocenters. The molecule has 0 aliphatic rings. The fourth-order valence-electron chi connectivity index (χ4n) is 3.69. The zero-order valence-electron chi connectivity index (χ0n) is 18.7. The summed E-state index contributed by atoms with van der Waals surface area (Å²) in [6.07, 6.45) is 0.903. The summed E-state index contributed by atoms with van der Waals surface area (Å²) in [5, 5.41) is 9.82. The first-order valence-corrected chi connectivity index (χ1v) is 11.1. The highest BCUT2D eigenvalue weighted by molar-refractivity contribution is 7.14. The molecule has 3 heterocycles. The van der Waals surface area contributed by atoms with Gasteiger partial charge in [0.2, 0.25) is 5.91 Å². The molecule has 166 valence electrons. The Labute approximate surface area is 190 Å². The van der Waals surface area contributed by atoms with E-state index in [1.54, 1.807) is 14.2 Å². The second-order valence-corrected chi connectivity index (χ2v) is 8.33. The van der Waals surface area contributed by atoms with Crippen LogP contribution in [0.2, 0.25) is 0 Å². The standard InChI is InChI=1S/C23H25N5O3S/c1-13-10-21-24-14(2)17(15(3)28(21)27-13)7-9-22(29)26-23-25-19(12-32-23)18-11-16(30-4)6-8-20(18)31-5/h6,8,10-12H,7,9H2,1-5H3,(H,25,26,29). The lowest BCUT2D eigenvalue weighted by molar-refractivity contribution is -0.116. The third-order valence-electron chi connectivity index (χ3n) is 5.32. The quantitative estimate of drug-likeness (QED) is 0.449. The van der Waals surface area contributed by atoms with E-state index < -0.39 is 0 Å². The summed E-state index contributed by atoms with van der Waals surface area (Å²) in [6, 6.07) is 7.49. The number of benzene rings is 1. The molecule has 1 amide bonds. The molecule has 0 saturated heterocycles. The zero-order valence-corrected chi connectivity index (χ0v) is 19.5. The number of anilines is 1. The molecule has 4 rings (SSSR count). The number of ether oxygens (including phenoxy) is 2. The molecule has 1 N–H and O–H groups in total. The molecular formula is C23H25N5O3S. The summed E-state index contributed by atoms with van der Waals surface area (Å²) in [5.41, 5.74) is 6.24. The van der Waals surface area contributed by atoms with Crippen LogP contribution in [-0.2, 0) is 11.2 Å². The first kappa shape index (κ1) is 21.8. The molecule has 32 heavy (non-hydrogen) atoms. The van der Waals surface area contributed by atoms with Gasteiger partial charge in [-0.15, -0.1) is 11.3 Å². The SMILES string of the molecule is COc1ccc(OC)c(-c2csc(NC(=O)CCc3c(C)nc4cc(C)nn4c3C)n2)c1. The van der Waals surface area contributed by atoms with Gasteiger partial charge in [-0.1, -0.05) is 0 Å². The number of nitrogens with one attached hydrogen (secondary N) is 1. The molecule has 0 aliphatic heterocycles. The number of fused-ring (bicyclic) bond motifs is 1. The van der Waals surface area contributed by atoms with E-state index in [4.69, 9.17) is 9.47 Å². The van der Waals surface area contributed by atoms with Gasteiger partial charge in [-0.2, -0.15) is 5.10 Å². The van der Waals surface area contributed by atoms with Crippen molar-refractivity contribution in [3.63, 3.8) is 0 Å². The maximum atomic E-state index is 12.6. The number of amides is 1. The molecular weight excluding hydrogens is 426 g/mol. The Bertz CT molecular complexity index is 1290. The van der Waals surface area contributed by atoms with Crippen molar-refractivity contribution in [2.75, 3.05) is 19.5 Å². The molecule has 3 aromatic heterocycles. The van der Waals surface area contributed by atoms with Crippen LogP contribution in [0.25, 0.3) is 16.9 Å². The van der Waals surface area contributed by atoms with Crippen molar-refractivity contribution in [1.29, 1.82) is 0 Å². The van der Waals surface area contributed by atoms with Crippen molar-refractivity contribution in [3.8, 4) is 22.8 Å². The summed E-state index contributed by atoms with van der Waals surface area (Å²) in [4.78, 5) is 21.8. The number of thiazole rings is 1. The van der Waals surface area contributed by atoms with Gasteiger partial charge in [0.15, 0.2) is 10.8 Å². The maximum absolute atomic E-state index is 12.6. The van der Waals surface area contributed by atoms with Crippen molar-refractivity contribution in [2.45, 2.75) is 33.6 Å². The third-order valence-corrected chi connectivity index (χ3v) is 6.08. The summed E-state index contributed by atoms with van der Waals surface area (Å²) in [6.45, 7) is 5.92. The van der Waals surface area contributed by atoms with Gasteiger partial charge < -0.3 is 14.8 Å². The second kappa shape index (κ2) is 8.96. The monoisotopic (exact) mass is 451 g/mol. The second-order valence-electron chi connectivity index (χ2n) is 7.47. The van der Waals surface area contributed by atoms with Gasteiger partial charge >= 0.3 is 0 Å². The predicted molar refractivity (Wildman–Crippen MR) is 125 cm³/mol. The minimum atomic E-state index is -0.0981. The van der Waals surface area contributed by atoms with Crippen LogP contribution in [0.5, 0.6) is 11.5 Å². The Hall–Kier alpha value is -3.46. The molecule has 0 saturated carbocycles. The Morgan fingerprint density at radius 2 is 1.94 bits per heavy atom. The van der Waals surface area contributed by atoms with Crippen LogP contribution in [0.1, 0.15) is 29.1 Å². The highest BCUT2D eigenvalue weighted by Crippen LogP contribution is 2.35. The normalized spacial score (nSPS) is 11.0. The number of aryl methyl sites for hydroxylation is 3. The maximum Gasteiger partial charge on any atom is 0.226 e. The molecule has 0 fully saturated rings. The van der Waals surface area contributed by atoms with Crippen molar-refractivity contribution in [1.82, 2.24) is 19.6 Å². The van der Waals surface area contributed by atoms with Crippen LogP contribution in [-0.4, -0.2) is 39.7 Å². The average molecular weight is 452 g/mol. The number of aromatic nitrogens is 4. The number of hydrogen-bond donors (Lipinski definition) is 1. The molecule has 9 heteroatoms. The van der Waals surface area contributed by atoms with Gasteiger partial charge in [-0.3, -0.25) is 4.79 Å². The number of carbonyl (C=O) groups is 1. The van der Waals surface area contributed by atoms with Gasteiger partial charge in [0.1, 0.15) is 11.5 Å². The average Bonchev–Trinajstić information content (AvgIpc) is 3.39. The lowest BCUT2D eigenvalue weighted by Gasteiger charge is -2.10. The van der Waals surface area contributed by atoms with Crippen LogP contribution in [0.4, 0.5) is 5.13 Å². The van der Waals surface area contributed by atoms with Crippen molar-refractivity contribution < 1.29 is 14.3 Å². The van der Waals surface area contributed by atoms with Crippen molar-refractivity contribution >= 4 is 28.0 Å². The van der Waals surface area contributed by atoms with Crippen LogP contribution in [0.15, 0.2) is 29.6 Å². The summed E-state index contributed by atoms with van der Waals surface area (Å²) in [7, 11) is 3.23. The van der Waals surface area contributed by atoms with Gasteiger partial charge in [0, 0.05) is 34.8 Å². The fraction of sp³-hybridized carbons (Fsp3) is 0.304. The molecule has 0 radical (unpaired) electrons. The highest BCUT2D eigenvalue weighted by atomic mass is 32.1. The van der Waals surface area contributed by atoms with Gasteiger partial charge in [0.25, 0.3) is 0 Å². The summed E-state index contributed by atoms with van der Waals surface area (Å²) in [5.74, 6) is 1.30. The molecule has 0 bridgehead atoms. The smallest absolute Gasteiger partial charge is 0.226 e. The van der Waals surface area contributed by atoms with Gasteiger partial charge in [0.05, 0.1) is 25.6 Å². The Morgan fingerprint density at radius 3 is 2.69 bits per heavy atom. The van der Waals surface area contributed by atoms with E-state index in [1.807, 2.05) is 54.9 Å². The number of nitrogens with zero attached hydrogens (tertiary/aromatic N) is 4. The van der Waals surface area contributed by atoms with E-state index in [1.165, 1.54) is 11.3 Å². The van der Waals surface area contributed by atoms with Crippen molar-refractivity contribution in [2.24, 2.45) is 0 Å².